The molecule has 4 nitrogen and oxygen atoms in total. The van der Waals surface area contributed by atoms with Crippen LogP contribution >= 0.6 is 0 Å². The minimum atomic E-state index is -0.149. The SMILES string of the molecule is CCCOCC(=O)Nc1ccc(C#CCN)cc1. The minimum absolute atomic E-state index is 0.0859. The number of carbonyl (C=O) groups excluding carboxylic acids is 1. The molecule has 3 N–H and O–H groups in total. The Hall–Kier alpha value is -1.83. The molecule has 0 aliphatic carbocycles. The Labute approximate surface area is 108 Å². The molecule has 0 bridgehead atoms. The molecule has 0 unspecified atom stereocenters. The van der Waals surface area contributed by atoms with Crippen LogP contribution in [0.2, 0.25) is 0 Å². The summed E-state index contributed by atoms with van der Waals surface area (Å²) in [6, 6.07) is 7.28. The van der Waals surface area contributed by atoms with E-state index in [1.165, 1.54) is 0 Å². The second-order valence-corrected chi connectivity index (χ2v) is 3.68. The first kappa shape index (κ1) is 14.2. The highest BCUT2D eigenvalue weighted by molar-refractivity contribution is 5.91. The standard InChI is InChI=1S/C14H18N2O2/c1-2-10-18-11-14(17)16-13-7-5-12(6-8-13)4-3-9-15/h5-8H,2,9-11,15H2,1H3,(H,16,17). The van der Waals surface area contributed by atoms with Crippen molar-refractivity contribution in [3.05, 3.63) is 29.8 Å². The third kappa shape index (κ3) is 5.48. The predicted octanol–water partition coefficient (Wildman–Crippen LogP) is 1.36. The van der Waals surface area contributed by atoms with Crippen molar-refractivity contribution in [3.8, 4) is 11.8 Å². The van der Waals surface area contributed by atoms with E-state index in [4.69, 9.17) is 10.5 Å². The lowest BCUT2D eigenvalue weighted by Crippen LogP contribution is -2.18. The molecule has 0 saturated heterocycles. The van der Waals surface area contributed by atoms with E-state index < -0.39 is 0 Å². The quantitative estimate of drug-likeness (QED) is 0.609. The number of hydrogen-bond acceptors (Lipinski definition) is 3. The molecule has 1 aromatic carbocycles. The predicted molar refractivity (Wildman–Crippen MR) is 72.1 cm³/mol. The number of amides is 1. The highest BCUT2D eigenvalue weighted by atomic mass is 16.5. The zero-order chi connectivity index (χ0) is 13.2. The average Bonchev–Trinajstić information content (AvgIpc) is 2.38. The third-order valence-electron chi connectivity index (χ3n) is 2.09. The fourth-order valence-corrected chi connectivity index (χ4v) is 1.30. The number of benzene rings is 1. The van der Waals surface area contributed by atoms with Crippen molar-refractivity contribution < 1.29 is 9.53 Å². The van der Waals surface area contributed by atoms with E-state index in [1.807, 2.05) is 19.1 Å². The van der Waals surface area contributed by atoms with Crippen molar-refractivity contribution in [1.82, 2.24) is 0 Å². The van der Waals surface area contributed by atoms with Crippen LogP contribution < -0.4 is 11.1 Å². The zero-order valence-electron chi connectivity index (χ0n) is 10.5. The van der Waals surface area contributed by atoms with E-state index in [0.29, 0.717) is 13.2 Å². The zero-order valence-corrected chi connectivity index (χ0v) is 10.5. The van der Waals surface area contributed by atoms with E-state index in [0.717, 1.165) is 17.7 Å². The molecular formula is C14H18N2O2. The van der Waals surface area contributed by atoms with Gasteiger partial charge in [0.2, 0.25) is 5.91 Å². The summed E-state index contributed by atoms with van der Waals surface area (Å²) in [6.07, 6.45) is 0.905. The van der Waals surface area contributed by atoms with Crippen LogP contribution in [0.3, 0.4) is 0 Å². The highest BCUT2D eigenvalue weighted by Gasteiger charge is 2.01. The van der Waals surface area contributed by atoms with Gasteiger partial charge >= 0.3 is 0 Å². The molecule has 0 aliphatic heterocycles. The van der Waals surface area contributed by atoms with E-state index in [2.05, 4.69) is 17.2 Å². The van der Waals surface area contributed by atoms with Crippen molar-refractivity contribution in [1.29, 1.82) is 0 Å². The summed E-state index contributed by atoms with van der Waals surface area (Å²) in [4.78, 5) is 11.5. The van der Waals surface area contributed by atoms with Crippen LogP contribution in [0.4, 0.5) is 5.69 Å². The highest BCUT2D eigenvalue weighted by Crippen LogP contribution is 2.08. The number of ether oxygens (including phenoxy) is 1. The summed E-state index contributed by atoms with van der Waals surface area (Å²) in [5.74, 6) is 5.54. The van der Waals surface area contributed by atoms with E-state index in [-0.39, 0.29) is 12.5 Å². The van der Waals surface area contributed by atoms with Gasteiger partial charge in [0.1, 0.15) is 6.61 Å². The van der Waals surface area contributed by atoms with Crippen LogP contribution in [0.5, 0.6) is 0 Å². The van der Waals surface area contributed by atoms with Crippen molar-refractivity contribution in [2.45, 2.75) is 13.3 Å². The lowest BCUT2D eigenvalue weighted by Gasteiger charge is -2.05. The molecule has 0 radical (unpaired) electrons. The number of anilines is 1. The van der Waals surface area contributed by atoms with Gasteiger partial charge in [-0.3, -0.25) is 4.79 Å². The largest absolute Gasteiger partial charge is 0.372 e. The maximum absolute atomic E-state index is 11.5. The second-order valence-electron chi connectivity index (χ2n) is 3.68. The first-order valence-electron chi connectivity index (χ1n) is 5.93. The summed E-state index contributed by atoms with van der Waals surface area (Å²) in [7, 11) is 0. The topological polar surface area (TPSA) is 64.3 Å². The normalized spacial score (nSPS) is 9.44. The molecule has 0 aliphatic rings. The first-order valence-corrected chi connectivity index (χ1v) is 5.93. The molecule has 0 spiro atoms. The molecule has 0 atom stereocenters. The maximum atomic E-state index is 11.5. The van der Waals surface area contributed by atoms with Crippen LogP contribution in [0.25, 0.3) is 0 Å². The van der Waals surface area contributed by atoms with Gasteiger partial charge in [0.25, 0.3) is 0 Å². The van der Waals surface area contributed by atoms with E-state index in [1.54, 1.807) is 12.1 Å². The lowest BCUT2D eigenvalue weighted by atomic mass is 10.2. The molecule has 4 heteroatoms. The van der Waals surface area contributed by atoms with Gasteiger partial charge in [-0.2, -0.15) is 0 Å². The van der Waals surface area contributed by atoms with Gasteiger partial charge in [0.15, 0.2) is 0 Å². The monoisotopic (exact) mass is 246 g/mol. The van der Waals surface area contributed by atoms with Crippen LogP contribution in [0, 0.1) is 11.8 Å². The summed E-state index contributed by atoms with van der Waals surface area (Å²) in [5, 5.41) is 2.75. The lowest BCUT2D eigenvalue weighted by molar-refractivity contribution is -0.120. The molecule has 96 valence electrons. The van der Waals surface area contributed by atoms with Crippen LogP contribution in [-0.4, -0.2) is 25.7 Å². The summed E-state index contributed by atoms with van der Waals surface area (Å²) in [6.45, 7) is 3.02. The number of hydrogen-bond donors (Lipinski definition) is 2. The Kier molecular flexibility index (Phi) is 6.55. The molecule has 0 fully saturated rings. The molecule has 1 rings (SSSR count). The maximum Gasteiger partial charge on any atom is 0.250 e. The second kappa shape index (κ2) is 8.29. The van der Waals surface area contributed by atoms with Crippen molar-refractivity contribution in [2.24, 2.45) is 5.73 Å². The minimum Gasteiger partial charge on any atom is -0.372 e. The van der Waals surface area contributed by atoms with Gasteiger partial charge < -0.3 is 15.8 Å². The fraction of sp³-hybridized carbons (Fsp3) is 0.357. The van der Waals surface area contributed by atoms with Gasteiger partial charge in [-0.1, -0.05) is 18.8 Å². The van der Waals surface area contributed by atoms with Gasteiger partial charge in [0.05, 0.1) is 6.54 Å². The number of rotatable bonds is 5. The van der Waals surface area contributed by atoms with Gasteiger partial charge in [-0.05, 0) is 30.7 Å². The molecule has 0 aromatic heterocycles. The molecule has 0 heterocycles. The Morgan fingerprint density at radius 2 is 2.11 bits per heavy atom. The summed E-state index contributed by atoms with van der Waals surface area (Å²) < 4.78 is 5.15. The van der Waals surface area contributed by atoms with Gasteiger partial charge in [-0.25, -0.2) is 0 Å². The Bertz CT molecular complexity index is 429. The Morgan fingerprint density at radius 3 is 2.72 bits per heavy atom. The van der Waals surface area contributed by atoms with Crippen molar-refractivity contribution in [2.75, 3.05) is 25.1 Å². The molecule has 1 amide bonds. The van der Waals surface area contributed by atoms with E-state index in [9.17, 15) is 4.79 Å². The molecule has 1 aromatic rings. The van der Waals surface area contributed by atoms with Crippen molar-refractivity contribution in [3.63, 3.8) is 0 Å². The van der Waals surface area contributed by atoms with Gasteiger partial charge in [0, 0.05) is 17.9 Å². The number of nitrogens with two attached hydrogens (primary N) is 1. The fourth-order valence-electron chi connectivity index (χ4n) is 1.30. The summed E-state index contributed by atoms with van der Waals surface area (Å²) >= 11 is 0. The average molecular weight is 246 g/mol. The summed E-state index contributed by atoms with van der Waals surface area (Å²) in [5.41, 5.74) is 6.90. The molecular weight excluding hydrogens is 228 g/mol. The molecule has 0 saturated carbocycles. The van der Waals surface area contributed by atoms with Crippen LogP contribution in [0.15, 0.2) is 24.3 Å². The number of carbonyl (C=O) groups is 1. The van der Waals surface area contributed by atoms with Crippen LogP contribution in [-0.2, 0) is 9.53 Å². The first-order chi connectivity index (χ1) is 8.76. The Balaban J connectivity index is 2.45. The molecule has 18 heavy (non-hydrogen) atoms. The van der Waals surface area contributed by atoms with Crippen molar-refractivity contribution >= 4 is 11.6 Å². The van der Waals surface area contributed by atoms with Gasteiger partial charge in [-0.15, -0.1) is 0 Å². The smallest absolute Gasteiger partial charge is 0.250 e. The third-order valence-corrected chi connectivity index (χ3v) is 2.09. The van der Waals surface area contributed by atoms with E-state index >= 15 is 0 Å². The van der Waals surface area contributed by atoms with Crippen LogP contribution in [0.1, 0.15) is 18.9 Å². The number of nitrogens with one attached hydrogen (secondary N) is 1. The Morgan fingerprint density at radius 1 is 1.39 bits per heavy atom.